The molecule has 0 aliphatic rings. The van der Waals surface area contributed by atoms with Crippen LogP contribution in [-0.2, 0) is 16.3 Å². The summed E-state index contributed by atoms with van der Waals surface area (Å²) >= 11 is 1.08. The Balaban J connectivity index is 2.06. The second-order valence-electron chi connectivity index (χ2n) is 4.66. The molecule has 1 heterocycles. The quantitative estimate of drug-likeness (QED) is 0.883. The lowest BCUT2D eigenvalue weighted by Gasteiger charge is -2.06. The van der Waals surface area contributed by atoms with Crippen molar-refractivity contribution in [2.45, 2.75) is 18.2 Å². The molecule has 7 heteroatoms. The van der Waals surface area contributed by atoms with Crippen molar-refractivity contribution in [3.63, 3.8) is 0 Å². The minimum atomic E-state index is -3.36. The number of sulfone groups is 1. The van der Waals surface area contributed by atoms with E-state index in [1.807, 2.05) is 25.1 Å². The van der Waals surface area contributed by atoms with Gasteiger partial charge in [-0.05, 0) is 30.4 Å². The van der Waals surface area contributed by atoms with Gasteiger partial charge < -0.3 is 11.1 Å². The molecule has 0 saturated heterocycles. The summed E-state index contributed by atoms with van der Waals surface area (Å²) in [4.78, 5) is 0.103. The first-order chi connectivity index (χ1) is 9.38. The monoisotopic (exact) mass is 311 g/mol. The van der Waals surface area contributed by atoms with Crippen LogP contribution in [-0.4, -0.2) is 25.6 Å². The van der Waals surface area contributed by atoms with Crippen molar-refractivity contribution in [3.8, 4) is 0 Å². The van der Waals surface area contributed by atoms with Crippen LogP contribution in [0.2, 0.25) is 0 Å². The van der Waals surface area contributed by atoms with Crippen molar-refractivity contribution in [2.75, 3.05) is 23.9 Å². The maximum atomic E-state index is 11.7. The van der Waals surface area contributed by atoms with E-state index < -0.39 is 9.84 Å². The van der Waals surface area contributed by atoms with Gasteiger partial charge in [-0.15, -0.1) is 0 Å². The molecule has 0 bridgehead atoms. The van der Waals surface area contributed by atoms with Crippen LogP contribution in [0.15, 0.2) is 29.2 Å². The summed E-state index contributed by atoms with van der Waals surface area (Å²) < 4.78 is 27.2. The zero-order valence-corrected chi connectivity index (χ0v) is 13.0. The topological polar surface area (TPSA) is 85.1 Å². The average Bonchev–Trinajstić information content (AvgIpc) is 2.70. The molecule has 0 amide bonds. The van der Waals surface area contributed by atoms with Gasteiger partial charge in [0.2, 0.25) is 0 Å². The van der Waals surface area contributed by atoms with Crippen LogP contribution in [0.25, 0.3) is 0 Å². The minimum Gasteiger partial charge on any atom is -0.382 e. The van der Waals surface area contributed by atoms with Gasteiger partial charge in [0, 0.05) is 12.8 Å². The third kappa shape index (κ3) is 3.49. The molecule has 1 aromatic carbocycles. The van der Waals surface area contributed by atoms with Gasteiger partial charge in [0.1, 0.15) is 9.90 Å². The van der Waals surface area contributed by atoms with E-state index in [0.29, 0.717) is 11.5 Å². The maximum Gasteiger partial charge on any atom is 0.182 e. The summed E-state index contributed by atoms with van der Waals surface area (Å²) in [6.07, 6.45) is 1.95. The summed E-state index contributed by atoms with van der Waals surface area (Å²) in [5.74, 6) is 0.0653. The fourth-order valence-electron chi connectivity index (χ4n) is 1.95. The van der Waals surface area contributed by atoms with Gasteiger partial charge in [0.05, 0.1) is 0 Å². The molecule has 0 radical (unpaired) electrons. The van der Waals surface area contributed by atoms with Gasteiger partial charge >= 0.3 is 0 Å². The molecule has 1 aromatic heterocycles. The lowest BCUT2D eigenvalue weighted by Crippen LogP contribution is -2.08. The van der Waals surface area contributed by atoms with Crippen LogP contribution < -0.4 is 11.1 Å². The average molecular weight is 311 g/mol. The molecular formula is C13H17N3O2S2. The lowest BCUT2D eigenvalue weighted by molar-refractivity contribution is 0.602. The minimum absolute atomic E-state index is 0.0653. The van der Waals surface area contributed by atoms with E-state index in [4.69, 9.17) is 5.73 Å². The summed E-state index contributed by atoms with van der Waals surface area (Å²) in [6, 6.07) is 8.22. The van der Waals surface area contributed by atoms with Crippen LogP contribution in [0.1, 0.15) is 11.1 Å². The second-order valence-corrected chi connectivity index (χ2v) is 7.39. The summed E-state index contributed by atoms with van der Waals surface area (Å²) in [6.45, 7) is 2.68. The maximum absolute atomic E-state index is 11.7. The molecule has 0 atom stereocenters. The van der Waals surface area contributed by atoms with E-state index in [1.165, 1.54) is 11.1 Å². The van der Waals surface area contributed by atoms with E-state index in [2.05, 4.69) is 15.8 Å². The van der Waals surface area contributed by atoms with Crippen molar-refractivity contribution >= 4 is 32.2 Å². The van der Waals surface area contributed by atoms with Crippen LogP contribution in [0.3, 0.4) is 0 Å². The Morgan fingerprint density at radius 3 is 2.80 bits per heavy atom. The van der Waals surface area contributed by atoms with Gasteiger partial charge in [-0.1, -0.05) is 29.8 Å². The van der Waals surface area contributed by atoms with E-state index in [0.717, 1.165) is 24.2 Å². The Morgan fingerprint density at radius 2 is 2.15 bits per heavy atom. The first-order valence-corrected chi connectivity index (χ1v) is 8.79. The van der Waals surface area contributed by atoms with Gasteiger partial charge in [-0.2, -0.15) is 4.37 Å². The molecular weight excluding hydrogens is 294 g/mol. The molecule has 0 saturated carbocycles. The molecule has 20 heavy (non-hydrogen) atoms. The van der Waals surface area contributed by atoms with E-state index >= 15 is 0 Å². The highest BCUT2D eigenvalue weighted by molar-refractivity contribution is 7.91. The van der Waals surface area contributed by atoms with E-state index in [9.17, 15) is 8.42 Å². The molecule has 5 nitrogen and oxygen atoms in total. The van der Waals surface area contributed by atoms with Gasteiger partial charge in [0.25, 0.3) is 0 Å². The molecule has 0 unspecified atom stereocenters. The molecule has 0 fully saturated rings. The van der Waals surface area contributed by atoms with E-state index in [-0.39, 0.29) is 10.7 Å². The van der Waals surface area contributed by atoms with Crippen LogP contribution >= 0.6 is 11.5 Å². The molecule has 108 valence electrons. The first-order valence-electron chi connectivity index (χ1n) is 6.12. The fraction of sp³-hybridized carbons (Fsp3) is 0.308. The van der Waals surface area contributed by atoms with Crippen molar-refractivity contribution in [3.05, 3.63) is 35.4 Å². The highest BCUT2D eigenvalue weighted by Gasteiger charge is 2.20. The molecule has 3 N–H and O–H groups in total. The third-order valence-corrected chi connectivity index (χ3v) is 4.93. The van der Waals surface area contributed by atoms with Gasteiger partial charge in [0.15, 0.2) is 15.7 Å². The van der Waals surface area contributed by atoms with E-state index in [1.54, 1.807) is 0 Å². The highest BCUT2D eigenvalue weighted by Crippen LogP contribution is 2.31. The number of hydrogen-bond donors (Lipinski definition) is 2. The van der Waals surface area contributed by atoms with Crippen LogP contribution in [0.5, 0.6) is 0 Å². The zero-order chi connectivity index (χ0) is 14.8. The third-order valence-electron chi connectivity index (χ3n) is 2.83. The smallest absolute Gasteiger partial charge is 0.182 e. The van der Waals surface area contributed by atoms with Gasteiger partial charge in [-0.25, -0.2) is 8.42 Å². The number of nitrogens with two attached hydrogens (primary N) is 1. The standard InChI is InChI=1S/C13H17N3O2S2/c1-9-4-3-5-10(8-9)6-7-15-13-11(20(2,17)18)12(14)16-19-13/h3-5,8,15H,6-7H2,1-2H3,(H2,14,16). The van der Waals surface area contributed by atoms with Crippen molar-refractivity contribution in [1.29, 1.82) is 0 Å². The zero-order valence-electron chi connectivity index (χ0n) is 11.4. The normalized spacial score (nSPS) is 11.5. The predicted molar refractivity (Wildman–Crippen MR) is 83.0 cm³/mol. The first kappa shape index (κ1) is 14.8. The number of aromatic nitrogens is 1. The number of nitrogens with zero attached hydrogens (tertiary/aromatic N) is 1. The van der Waals surface area contributed by atoms with Crippen molar-refractivity contribution in [2.24, 2.45) is 0 Å². The lowest BCUT2D eigenvalue weighted by atomic mass is 10.1. The summed E-state index contributed by atoms with van der Waals surface area (Å²) in [5.41, 5.74) is 8.02. The Kier molecular flexibility index (Phi) is 4.29. The fourth-order valence-corrected chi connectivity index (χ4v) is 4.05. The predicted octanol–water partition coefficient (Wildman–Crippen LogP) is 2.09. The Bertz CT molecular complexity index is 708. The van der Waals surface area contributed by atoms with Crippen molar-refractivity contribution in [1.82, 2.24) is 4.37 Å². The number of benzene rings is 1. The Labute approximate surface area is 122 Å². The number of rotatable bonds is 5. The number of aryl methyl sites for hydroxylation is 1. The largest absolute Gasteiger partial charge is 0.382 e. The molecule has 0 spiro atoms. The number of hydrogen-bond acceptors (Lipinski definition) is 6. The van der Waals surface area contributed by atoms with Crippen LogP contribution in [0.4, 0.5) is 10.8 Å². The van der Waals surface area contributed by atoms with Gasteiger partial charge in [-0.3, -0.25) is 0 Å². The highest BCUT2D eigenvalue weighted by atomic mass is 32.2. The SMILES string of the molecule is Cc1cccc(CCNc2snc(N)c2S(C)(=O)=O)c1. The van der Waals surface area contributed by atoms with Crippen LogP contribution in [0, 0.1) is 6.92 Å². The molecule has 0 aliphatic heterocycles. The summed E-state index contributed by atoms with van der Waals surface area (Å²) in [5, 5.41) is 3.62. The number of anilines is 2. The Hall–Kier alpha value is -1.60. The van der Waals surface area contributed by atoms with Crippen molar-refractivity contribution < 1.29 is 8.42 Å². The molecule has 0 aliphatic carbocycles. The summed E-state index contributed by atoms with van der Waals surface area (Å²) in [7, 11) is -3.36. The number of nitrogens with one attached hydrogen (secondary N) is 1. The number of nitrogen functional groups attached to an aromatic ring is 1. The Morgan fingerprint density at radius 1 is 1.40 bits per heavy atom. The molecule has 2 rings (SSSR count). The second kappa shape index (κ2) is 5.80. The molecule has 2 aromatic rings.